The summed E-state index contributed by atoms with van der Waals surface area (Å²) in [6, 6.07) is 5.26. The summed E-state index contributed by atoms with van der Waals surface area (Å²) in [7, 11) is -3.13. The molecule has 2 heterocycles. The van der Waals surface area contributed by atoms with Gasteiger partial charge >= 0.3 is 0 Å². The number of carbonyl (C=O) groups excluding carboxylic acids is 2. The van der Waals surface area contributed by atoms with E-state index in [0.29, 0.717) is 12.1 Å². The van der Waals surface area contributed by atoms with E-state index in [9.17, 15) is 18.0 Å². The van der Waals surface area contributed by atoms with E-state index in [1.807, 2.05) is 32.0 Å². The minimum atomic E-state index is -3.13. The van der Waals surface area contributed by atoms with Crippen LogP contribution in [0, 0.1) is 13.8 Å². The van der Waals surface area contributed by atoms with Crippen molar-refractivity contribution in [1.82, 2.24) is 5.01 Å². The lowest BCUT2D eigenvalue weighted by atomic mass is 10.1. The molecule has 0 saturated carbocycles. The standard InChI is InChI=1S/C17H21N3O4S/c1-11-7-12(2)9-13(8-11)18-17(22)15-3-4-16(21)20(19-15)14-5-6-25(23,24)10-14/h7-9,14H,3-6,10H2,1-2H3,(H,18,22)/t14-/m1/s1. The first-order chi connectivity index (χ1) is 11.7. The molecule has 1 aromatic rings. The van der Waals surface area contributed by atoms with Gasteiger partial charge in [0.15, 0.2) is 9.84 Å². The van der Waals surface area contributed by atoms with Crippen molar-refractivity contribution in [2.24, 2.45) is 5.10 Å². The highest BCUT2D eigenvalue weighted by molar-refractivity contribution is 7.91. The highest BCUT2D eigenvalue weighted by Gasteiger charge is 2.37. The van der Waals surface area contributed by atoms with Crippen LogP contribution >= 0.6 is 0 Å². The molecular formula is C17H21N3O4S. The number of benzene rings is 1. The van der Waals surface area contributed by atoms with Crippen LogP contribution in [-0.2, 0) is 19.4 Å². The lowest BCUT2D eigenvalue weighted by molar-refractivity contribution is -0.133. The third kappa shape index (κ3) is 4.07. The zero-order valence-electron chi connectivity index (χ0n) is 14.3. The quantitative estimate of drug-likeness (QED) is 0.878. The van der Waals surface area contributed by atoms with Crippen LogP contribution in [0.15, 0.2) is 23.3 Å². The molecule has 0 radical (unpaired) electrons. The Morgan fingerprint density at radius 1 is 1.20 bits per heavy atom. The van der Waals surface area contributed by atoms with Crippen LogP contribution in [0.25, 0.3) is 0 Å². The van der Waals surface area contributed by atoms with Crippen molar-refractivity contribution < 1.29 is 18.0 Å². The number of nitrogens with zero attached hydrogens (tertiary/aromatic N) is 2. The first kappa shape index (κ1) is 17.6. The van der Waals surface area contributed by atoms with Gasteiger partial charge in [-0.3, -0.25) is 9.59 Å². The molecule has 2 aliphatic rings. The van der Waals surface area contributed by atoms with Gasteiger partial charge in [-0.1, -0.05) is 6.07 Å². The molecule has 1 fully saturated rings. The molecule has 2 aliphatic heterocycles. The van der Waals surface area contributed by atoms with Gasteiger partial charge in [0.1, 0.15) is 5.71 Å². The summed E-state index contributed by atoms with van der Waals surface area (Å²) in [5.74, 6) is -0.622. The number of aryl methyl sites for hydroxylation is 2. The van der Waals surface area contributed by atoms with E-state index in [2.05, 4.69) is 10.4 Å². The molecule has 8 heteroatoms. The second kappa shape index (κ2) is 6.59. The molecule has 25 heavy (non-hydrogen) atoms. The predicted molar refractivity (Wildman–Crippen MR) is 95.1 cm³/mol. The summed E-state index contributed by atoms with van der Waals surface area (Å²) >= 11 is 0. The summed E-state index contributed by atoms with van der Waals surface area (Å²) < 4.78 is 23.3. The average molecular weight is 363 g/mol. The topological polar surface area (TPSA) is 95.9 Å². The van der Waals surface area contributed by atoms with Gasteiger partial charge in [-0.2, -0.15) is 5.10 Å². The maximum atomic E-state index is 12.5. The number of sulfone groups is 1. The fourth-order valence-electron chi connectivity index (χ4n) is 3.24. The van der Waals surface area contributed by atoms with Crippen LogP contribution in [0.3, 0.4) is 0 Å². The fraction of sp³-hybridized carbons (Fsp3) is 0.471. The Morgan fingerprint density at radius 2 is 1.88 bits per heavy atom. The van der Waals surface area contributed by atoms with Crippen molar-refractivity contribution in [3.8, 4) is 0 Å². The highest BCUT2D eigenvalue weighted by Crippen LogP contribution is 2.22. The van der Waals surface area contributed by atoms with E-state index >= 15 is 0 Å². The first-order valence-electron chi connectivity index (χ1n) is 8.23. The Morgan fingerprint density at radius 3 is 2.48 bits per heavy atom. The molecule has 1 aromatic carbocycles. The van der Waals surface area contributed by atoms with Crippen LogP contribution in [-0.4, -0.2) is 48.5 Å². The zero-order chi connectivity index (χ0) is 18.2. The Bertz CT molecular complexity index is 840. The van der Waals surface area contributed by atoms with Crippen molar-refractivity contribution in [2.45, 2.75) is 39.2 Å². The summed E-state index contributed by atoms with van der Waals surface area (Å²) in [5, 5.41) is 8.18. The van der Waals surface area contributed by atoms with E-state index in [4.69, 9.17) is 0 Å². The van der Waals surface area contributed by atoms with Crippen molar-refractivity contribution in [1.29, 1.82) is 0 Å². The number of carbonyl (C=O) groups is 2. The van der Waals surface area contributed by atoms with Crippen molar-refractivity contribution >= 4 is 33.1 Å². The smallest absolute Gasteiger partial charge is 0.271 e. The van der Waals surface area contributed by atoms with Crippen LogP contribution < -0.4 is 5.32 Å². The van der Waals surface area contributed by atoms with Gasteiger partial charge in [-0.15, -0.1) is 0 Å². The molecule has 1 saturated heterocycles. The monoisotopic (exact) mass is 363 g/mol. The molecule has 0 bridgehead atoms. The van der Waals surface area contributed by atoms with E-state index in [1.54, 1.807) is 0 Å². The van der Waals surface area contributed by atoms with Crippen LogP contribution in [0.5, 0.6) is 0 Å². The molecule has 0 aromatic heterocycles. The van der Waals surface area contributed by atoms with E-state index < -0.39 is 15.9 Å². The molecule has 0 spiro atoms. The average Bonchev–Trinajstić information content (AvgIpc) is 2.86. The maximum Gasteiger partial charge on any atom is 0.271 e. The summed E-state index contributed by atoms with van der Waals surface area (Å²) in [4.78, 5) is 24.6. The molecule has 0 unspecified atom stereocenters. The maximum absolute atomic E-state index is 12.5. The zero-order valence-corrected chi connectivity index (χ0v) is 15.1. The highest BCUT2D eigenvalue weighted by atomic mass is 32.2. The second-order valence-electron chi connectivity index (χ2n) is 6.67. The number of amides is 2. The van der Waals surface area contributed by atoms with Gasteiger partial charge < -0.3 is 5.32 Å². The summed E-state index contributed by atoms with van der Waals surface area (Å²) in [5.41, 5.74) is 3.00. The number of anilines is 1. The third-order valence-electron chi connectivity index (χ3n) is 4.36. The molecule has 1 atom stereocenters. The summed E-state index contributed by atoms with van der Waals surface area (Å²) in [6.45, 7) is 3.89. The minimum absolute atomic E-state index is 0.0566. The minimum Gasteiger partial charge on any atom is -0.321 e. The van der Waals surface area contributed by atoms with Gasteiger partial charge in [0.2, 0.25) is 5.91 Å². The second-order valence-corrected chi connectivity index (χ2v) is 8.90. The molecular weight excluding hydrogens is 342 g/mol. The Balaban J connectivity index is 1.77. The molecule has 7 nitrogen and oxygen atoms in total. The van der Waals surface area contributed by atoms with E-state index in [0.717, 1.165) is 11.1 Å². The normalized spacial score (nSPS) is 22.6. The van der Waals surface area contributed by atoms with Gasteiger partial charge in [-0.25, -0.2) is 13.4 Å². The Kier molecular flexibility index (Phi) is 4.64. The van der Waals surface area contributed by atoms with Crippen molar-refractivity contribution in [3.05, 3.63) is 29.3 Å². The van der Waals surface area contributed by atoms with Crippen LogP contribution in [0.2, 0.25) is 0 Å². The molecule has 2 amide bonds. The van der Waals surface area contributed by atoms with Gasteiger partial charge in [-0.05, 0) is 43.5 Å². The lowest BCUT2D eigenvalue weighted by Gasteiger charge is -2.27. The number of hydrogen-bond acceptors (Lipinski definition) is 5. The predicted octanol–water partition coefficient (Wildman–Crippen LogP) is 1.41. The van der Waals surface area contributed by atoms with Gasteiger partial charge in [0, 0.05) is 18.5 Å². The largest absolute Gasteiger partial charge is 0.321 e. The summed E-state index contributed by atoms with van der Waals surface area (Å²) in [6.07, 6.45) is 0.782. The fourth-order valence-corrected chi connectivity index (χ4v) is 4.93. The van der Waals surface area contributed by atoms with Crippen molar-refractivity contribution in [3.63, 3.8) is 0 Å². The lowest BCUT2D eigenvalue weighted by Crippen LogP contribution is -2.42. The Labute approximate surface area is 147 Å². The molecule has 3 rings (SSSR count). The third-order valence-corrected chi connectivity index (χ3v) is 6.11. The van der Waals surface area contributed by atoms with Crippen LogP contribution in [0.1, 0.15) is 30.4 Å². The number of hydrazone groups is 1. The van der Waals surface area contributed by atoms with Gasteiger partial charge in [0.05, 0.1) is 17.5 Å². The van der Waals surface area contributed by atoms with Gasteiger partial charge in [0.25, 0.3) is 5.91 Å². The van der Waals surface area contributed by atoms with E-state index in [-0.39, 0.29) is 41.9 Å². The van der Waals surface area contributed by atoms with Crippen molar-refractivity contribution in [2.75, 3.05) is 16.8 Å². The SMILES string of the molecule is Cc1cc(C)cc(NC(=O)C2=NN([C@@H]3CCS(=O)(=O)C3)C(=O)CC2)c1. The number of nitrogens with one attached hydrogen (secondary N) is 1. The first-order valence-corrected chi connectivity index (χ1v) is 10.1. The molecule has 0 aliphatic carbocycles. The Hall–Kier alpha value is -2.22. The molecule has 134 valence electrons. The number of rotatable bonds is 3. The number of hydrogen-bond donors (Lipinski definition) is 1. The van der Waals surface area contributed by atoms with E-state index in [1.165, 1.54) is 5.01 Å². The molecule has 1 N–H and O–H groups in total. The van der Waals surface area contributed by atoms with Crippen LogP contribution in [0.4, 0.5) is 5.69 Å².